The number of nitrogens with zero attached hydrogens (tertiary/aromatic N) is 1. The van der Waals surface area contributed by atoms with E-state index in [9.17, 15) is 0 Å². The molecule has 0 saturated carbocycles. The highest BCUT2D eigenvalue weighted by atomic mass is 35.5. The van der Waals surface area contributed by atoms with Gasteiger partial charge in [0.2, 0.25) is 0 Å². The fourth-order valence-corrected chi connectivity index (χ4v) is 0.266. The van der Waals surface area contributed by atoms with Crippen LogP contribution in [0.3, 0.4) is 0 Å². The van der Waals surface area contributed by atoms with Crippen LogP contribution in [0.15, 0.2) is 28.9 Å². The van der Waals surface area contributed by atoms with Crippen molar-refractivity contribution >= 4 is 17.8 Å². The third-order valence-electron chi connectivity index (χ3n) is 0.493. The Balaban J connectivity index is 3.50. The van der Waals surface area contributed by atoms with Gasteiger partial charge >= 0.3 is 0 Å². The molecule has 0 aromatic carbocycles. The number of rotatable bonds is 2. The molecule has 0 aliphatic heterocycles. The zero-order valence-electron chi connectivity index (χ0n) is 4.76. The van der Waals surface area contributed by atoms with Gasteiger partial charge < -0.3 is 0 Å². The summed E-state index contributed by atoms with van der Waals surface area (Å²) in [6.45, 7) is 5.27. The highest BCUT2D eigenvalue weighted by Crippen LogP contribution is 1.94. The average molecular weight is 130 g/mol. The summed E-state index contributed by atoms with van der Waals surface area (Å²) >= 11 is 5.29. The Bertz CT molecular complexity index is 124. The van der Waals surface area contributed by atoms with E-state index in [0.717, 1.165) is 0 Å². The van der Waals surface area contributed by atoms with E-state index in [0.29, 0.717) is 5.16 Å². The molecule has 0 radical (unpaired) electrons. The molecule has 44 valence electrons. The summed E-state index contributed by atoms with van der Waals surface area (Å²) < 4.78 is 0. The smallest absolute Gasteiger partial charge is 0.121 e. The van der Waals surface area contributed by atoms with Gasteiger partial charge in [-0.1, -0.05) is 24.3 Å². The Morgan fingerprint density at radius 1 is 1.75 bits per heavy atom. The van der Waals surface area contributed by atoms with E-state index < -0.39 is 0 Å². The first-order valence-electron chi connectivity index (χ1n) is 2.27. The Hall–Kier alpha value is -0.560. The van der Waals surface area contributed by atoms with Crippen LogP contribution in [0.1, 0.15) is 6.92 Å². The Morgan fingerprint density at radius 3 is 2.75 bits per heavy atom. The van der Waals surface area contributed by atoms with Crippen LogP contribution in [0, 0.1) is 0 Å². The van der Waals surface area contributed by atoms with Crippen LogP contribution < -0.4 is 0 Å². The summed E-state index contributed by atoms with van der Waals surface area (Å²) in [5.74, 6) is 0. The fourth-order valence-electron chi connectivity index (χ4n) is 0.210. The summed E-state index contributed by atoms with van der Waals surface area (Å²) in [7, 11) is 0. The summed E-state index contributed by atoms with van der Waals surface area (Å²) in [5.41, 5.74) is 0. The molecule has 2 heteroatoms. The molecule has 0 saturated heterocycles. The number of halogens is 1. The first-order chi connectivity index (χ1) is 3.77. The van der Waals surface area contributed by atoms with Crippen LogP contribution in [-0.4, -0.2) is 6.21 Å². The highest BCUT2D eigenvalue weighted by Gasteiger charge is 1.70. The normalized spacial score (nSPS) is 11.2. The van der Waals surface area contributed by atoms with Gasteiger partial charge in [0.25, 0.3) is 0 Å². The standard InChI is InChI=1S/C6H8ClN/c1-3-4-5-8-6(2)7/h3-5H,2H2,1H3/b4-3-,8-5-. The molecular weight excluding hydrogens is 122 g/mol. The first kappa shape index (κ1) is 7.44. The van der Waals surface area contributed by atoms with E-state index in [2.05, 4.69) is 11.6 Å². The van der Waals surface area contributed by atoms with Gasteiger partial charge in [0.1, 0.15) is 5.16 Å². The Labute approximate surface area is 54.4 Å². The first-order valence-corrected chi connectivity index (χ1v) is 2.65. The van der Waals surface area contributed by atoms with Crippen molar-refractivity contribution in [3.8, 4) is 0 Å². The largest absolute Gasteiger partial charge is 0.245 e. The van der Waals surface area contributed by atoms with Gasteiger partial charge in [-0.05, 0) is 13.0 Å². The van der Waals surface area contributed by atoms with Crippen molar-refractivity contribution in [2.24, 2.45) is 4.99 Å². The summed E-state index contributed by atoms with van der Waals surface area (Å²) in [4.78, 5) is 3.67. The molecule has 8 heavy (non-hydrogen) atoms. The lowest BCUT2D eigenvalue weighted by Gasteiger charge is -1.76. The Morgan fingerprint density at radius 2 is 2.38 bits per heavy atom. The molecule has 0 N–H and O–H groups in total. The van der Waals surface area contributed by atoms with E-state index in [4.69, 9.17) is 11.6 Å². The van der Waals surface area contributed by atoms with Gasteiger partial charge in [0.05, 0.1) is 0 Å². The minimum absolute atomic E-state index is 0.308. The second kappa shape index (κ2) is 4.60. The van der Waals surface area contributed by atoms with Crippen molar-refractivity contribution < 1.29 is 0 Å². The maximum atomic E-state index is 5.29. The van der Waals surface area contributed by atoms with Crippen LogP contribution in [0.25, 0.3) is 0 Å². The van der Waals surface area contributed by atoms with E-state index >= 15 is 0 Å². The Kier molecular flexibility index (Phi) is 4.27. The van der Waals surface area contributed by atoms with E-state index in [1.807, 2.05) is 13.0 Å². The van der Waals surface area contributed by atoms with Crippen molar-refractivity contribution in [3.63, 3.8) is 0 Å². The summed E-state index contributed by atoms with van der Waals surface area (Å²) in [5, 5.41) is 0.308. The van der Waals surface area contributed by atoms with Crippen LogP contribution >= 0.6 is 11.6 Å². The zero-order chi connectivity index (χ0) is 6.41. The lowest BCUT2D eigenvalue weighted by Crippen LogP contribution is -1.61. The molecule has 0 unspecified atom stereocenters. The molecule has 0 rings (SSSR count). The quantitative estimate of drug-likeness (QED) is 0.401. The highest BCUT2D eigenvalue weighted by molar-refractivity contribution is 6.29. The van der Waals surface area contributed by atoms with Gasteiger partial charge in [0.15, 0.2) is 0 Å². The molecule has 0 aromatic rings. The topological polar surface area (TPSA) is 12.4 Å². The van der Waals surface area contributed by atoms with Crippen molar-refractivity contribution in [3.05, 3.63) is 23.9 Å². The number of aliphatic imine (C=N–C) groups is 1. The molecule has 0 aliphatic rings. The maximum absolute atomic E-state index is 5.29. The van der Waals surface area contributed by atoms with Crippen LogP contribution in [0.2, 0.25) is 0 Å². The summed E-state index contributed by atoms with van der Waals surface area (Å²) in [6, 6.07) is 0. The molecule has 0 aromatic heterocycles. The van der Waals surface area contributed by atoms with Gasteiger partial charge in [-0.2, -0.15) is 0 Å². The molecule has 0 spiro atoms. The van der Waals surface area contributed by atoms with Crippen LogP contribution in [-0.2, 0) is 0 Å². The predicted molar refractivity (Wildman–Crippen MR) is 38.3 cm³/mol. The van der Waals surface area contributed by atoms with Crippen molar-refractivity contribution in [2.45, 2.75) is 6.92 Å². The molecule has 0 heterocycles. The summed E-state index contributed by atoms with van der Waals surface area (Å²) in [6.07, 6.45) is 5.24. The number of hydrogen-bond acceptors (Lipinski definition) is 1. The monoisotopic (exact) mass is 129 g/mol. The second-order valence-corrected chi connectivity index (χ2v) is 1.62. The molecule has 0 aliphatic carbocycles. The van der Waals surface area contributed by atoms with Gasteiger partial charge in [-0.3, -0.25) is 0 Å². The molecule has 0 bridgehead atoms. The van der Waals surface area contributed by atoms with Crippen LogP contribution in [0.4, 0.5) is 0 Å². The predicted octanol–water partition coefficient (Wildman–Crippen LogP) is 2.34. The maximum Gasteiger partial charge on any atom is 0.121 e. The van der Waals surface area contributed by atoms with Crippen molar-refractivity contribution in [1.29, 1.82) is 0 Å². The zero-order valence-corrected chi connectivity index (χ0v) is 5.52. The third kappa shape index (κ3) is 5.44. The van der Waals surface area contributed by atoms with Crippen molar-refractivity contribution in [2.75, 3.05) is 0 Å². The minimum atomic E-state index is 0.308. The van der Waals surface area contributed by atoms with Crippen LogP contribution in [0.5, 0.6) is 0 Å². The average Bonchev–Trinajstić information content (AvgIpc) is 1.66. The number of hydrogen-bond donors (Lipinski definition) is 0. The molecule has 0 atom stereocenters. The molecule has 1 nitrogen and oxygen atoms in total. The molecule has 0 fully saturated rings. The van der Waals surface area contributed by atoms with Gasteiger partial charge in [-0.25, -0.2) is 4.99 Å². The lowest BCUT2D eigenvalue weighted by atomic mass is 10.6. The third-order valence-corrected chi connectivity index (χ3v) is 0.591. The van der Waals surface area contributed by atoms with Crippen molar-refractivity contribution in [1.82, 2.24) is 0 Å². The van der Waals surface area contributed by atoms with E-state index in [1.165, 1.54) is 0 Å². The number of allylic oxidation sites excluding steroid dienone is 2. The van der Waals surface area contributed by atoms with E-state index in [-0.39, 0.29) is 0 Å². The minimum Gasteiger partial charge on any atom is -0.245 e. The van der Waals surface area contributed by atoms with Gasteiger partial charge in [0, 0.05) is 6.21 Å². The van der Waals surface area contributed by atoms with E-state index in [1.54, 1.807) is 12.3 Å². The SMILES string of the molecule is C=C(Cl)/N=C\C=C/C. The molecular formula is C6H8ClN. The molecule has 0 amide bonds. The lowest BCUT2D eigenvalue weighted by molar-refractivity contribution is 1.56. The second-order valence-electron chi connectivity index (χ2n) is 1.18. The fraction of sp³-hybridized carbons (Fsp3) is 0.167. The van der Waals surface area contributed by atoms with Gasteiger partial charge in [-0.15, -0.1) is 0 Å².